The number of nitrogen functional groups attached to an aromatic ring is 1. The van der Waals surface area contributed by atoms with Crippen molar-refractivity contribution in [3.63, 3.8) is 0 Å². The van der Waals surface area contributed by atoms with Crippen molar-refractivity contribution in [2.45, 2.75) is 26.7 Å². The van der Waals surface area contributed by atoms with E-state index in [-0.39, 0.29) is 5.91 Å². The van der Waals surface area contributed by atoms with Gasteiger partial charge in [-0.1, -0.05) is 26.7 Å². The van der Waals surface area contributed by atoms with Gasteiger partial charge >= 0.3 is 0 Å². The van der Waals surface area contributed by atoms with Crippen LogP contribution in [0.3, 0.4) is 0 Å². The van der Waals surface area contributed by atoms with Crippen LogP contribution in [-0.2, 0) is 0 Å². The molecular weight excluding hydrogens is 202 g/mol. The van der Waals surface area contributed by atoms with Crippen molar-refractivity contribution < 1.29 is 4.79 Å². The lowest BCUT2D eigenvalue weighted by atomic mass is 10.0. The normalized spacial score (nSPS) is 10.4. The van der Waals surface area contributed by atoms with Gasteiger partial charge in [-0.15, -0.1) is 0 Å². The van der Waals surface area contributed by atoms with Gasteiger partial charge in [0.05, 0.1) is 5.56 Å². The van der Waals surface area contributed by atoms with Crippen molar-refractivity contribution in [2.75, 3.05) is 12.3 Å². The highest BCUT2D eigenvalue weighted by Gasteiger charge is 2.11. The molecule has 0 aliphatic rings. The van der Waals surface area contributed by atoms with Gasteiger partial charge in [-0.2, -0.15) is 0 Å². The summed E-state index contributed by atoms with van der Waals surface area (Å²) < 4.78 is 0. The minimum absolute atomic E-state index is 0.141. The second-order valence-corrected chi connectivity index (χ2v) is 3.86. The Balaban J connectivity index is 2.56. The molecule has 4 heteroatoms. The molecule has 88 valence electrons. The Morgan fingerprint density at radius 3 is 2.75 bits per heavy atom. The number of carbonyl (C=O) groups excluding carboxylic acids is 1. The number of anilines is 1. The highest BCUT2D eigenvalue weighted by Crippen LogP contribution is 2.09. The van der Waals surface area contributed by atoms with Crippen molar-refractivity contribution in [2.24, 2.45) is 5.92 Å². The maximum Gasteiger partial charge on any atom is 0.254 e. The molecule has 1 heterocycles. The first kappa shape index (κ1) is 12.5. The molecule has 1 amide bonds. The zero-order chi connectivity index (χ0) is 12.0. The summed E-state index contributed by atoms with van der Waals surface area (Å²) in [4.78, 5) is 15.7. The Morgan fingerprint density at radius 2 is 2.19 bits per heavy atom. The monoisotopic (exact) mass is 221 g/mol. The van der Waals surface area contributed by atoms with E-state index in [1.54, 1.807) is 12.3 Å². The molecule has 0 saturated carbocycles. The highest BCUT2D eigenvalue weighted by atomic mass is 16.1. The molecule has 1 aromatic rings. The summed E-state index contributed by atoms with van der Waals surface area (Å²) in [7, 11) is 0. The topological polar surface area (TPSA) is 68.0 Å². The van der Waals surface area contributed by atoms with E-state index in [0.717, 1.165) is 12.8 Å². The molecule has 1 aromatic heterocycles. The molecule has 16 heavy (non-hydrogen) atoms. The van der Waals surface area contributed by atoms with Crippen molar-refractivity contribution in [3.8, 4) is 0 Å². The second kappa shape index (κ2) is 6.10. The van der Waals surface area contributed by atoms with Crippen LogP contribution in [-0.4, -0.2) is 17.4 Å². The number of hydrogen-bond acceptors (Lipinski definition) is 3. The Kier molecular flexibility index (Phi) is 4.76. The van der Waals surface area contributed by atoms with Crippen molar-refractivity contribution in [1.82, 2.24) is 10.3 Å². The molecule has 0 fully saturated rings. The lowest BCUT2D eigenvalue weighted by Crippen LogP contribution is -2.29. The van der Waals surface area contributed by atoms with E-state index >= 15 is 0 Å². The van der Waals surface area contributed by atoms with E-state index in [1.807, 2.05) is 0 Å². The zero-order valence-corrected chi connectivity index (χ0v) is 9.86. The third kappa shape index (κ3) is 3.22. The standard InChI is InChI=1S/C12H19N3O/c1-3-9(4-2)7-15-12(16)10-8-14-6-5-11(10)13/h5-6,8-9H,3-4,7H2,1-2H3,(H2,13,14)(H,15,16). The number of carbonyl (C=O) groups is 1. The molecule has 0 bridgehead atoms. The lowest BCUT2D eigenvalue weighted by Gasteiger charge is -2.13. The summed E-state index contributed by atoms with van der Waals surface area (Å²) in [5.74, 6) is 0.388. The summed E-state index contributed by atoms with van der Waals surface area (Å²) in [5, 5.41) is 2.88. The molecule has 0 radical (unpaired) electrons. The molecule has 0 spiro atoms. The first-order valence-electron chi connectivity index (χ1n) is 5.66. The molecule has 0 saturated heterocycles. The minimum Gasteiger partial charge on any atom is -0.398 e. The number of aromatic nitrogens is 1. The van der Waals surface area contributed by atoms with E-state index in [4.69, 9.17) is 5.73 Å². The number of nitrogens with two attached hydrogens (primary N) is 1. The average molecular weight is 221 g/mol. The van der Waals surface area contributed by atoms with Crippen LogP contribution in [0, 0.1) is 5.92 Å². The maximum atomic E-state index is 11.8. The fourth-order valence-corrected chi connectivity index (χ4v) is 1.50. The fourth-order valence-electron chi connectivity index (χ4n) is 1.50. The van der Waals surface area contributed by atoms with Gasteiger partial charge in [0.15, 0.2) is 0 Å². The number of rotatable bonds is 5. The van der Waals surface area contributed by atoms with E-state index in [2.05, 4.69) is 24.1 Å². The zero-order valence-electron chi connectivity index (χ0n) is 9.86. The second-order valence-electron chi connectivity index (χ2n) is 3.86. The molecule has 4 nitrogen and oxygen atoms in total. The Hall–Kier alpha value is -1.58. The van der Waals surface area contributed by atoms with E-state index in [1.165, 1.54) is 6.20 Å². The van der Waals surface area contributed by atoms with Crippen LogP contribution < -0.4 is 11.1 Å². The van der Waals surface area contributed by atoms with Crippen LogP contribution in [0.25, 0.3) is 0 Å². The highest BCUT2D eigenvalue weighted by molar-refractivity contribution is 5.98. The van der Waals surface area contributed by atoms with Gasteiger partial charge in [0.25, 0.3) is 5.91 Å². The smallest absolute Gasteiger partial charge is 0.254 e. The van der Waals surface area contributed by atoms with Gasteiger partial charge < -0.3 is 11.1 Å². The quantitative estimate of drug-likeness (QED) is 0.797. The molecule has 3 N–H and O–H groups in total. The average Bonchev–Trinajstić information content (AvgIpc) is 2.30. The van der Waals surface area contributed by atoms with Crippen LogP contribution in [0.15, 0.2) is 18.5 Å². The predicted octanol–water partition coefficient (Wildman–Crippen LogP) is 1.83. The van der Waals surface area contributed by atoms with Crippen LogP contribution in [0.5, 0.6) is 0 Å². The van der Waals surface area contributed by atoms with Crippen LogP contribution in [0.2, 0.25) is 0 Å². The van der Waals surface area contributed by atoms with Gasteiger partial charge in [0, 0.05) is 24.6 Å². The molecule has 0 aliphatic heterocycles. The third-order valence-electron chi connectivity index (χ3n) is 2.81. The number of amides is 1. The van der Waals surface area contributed by atoms with E-state index < -0.39 is 0 Å². The number of pyridine rings is 1. The molecule has 0 aromatic carbocycles. The Morgan fingerprint density at radius 1 is 1.50 bits per heavy atom. The number of nitrogens with one attached hydrogen (secondary N) is 1. The van der Waals surface area contributed by atoms with Crippen LogP contribution in [0.1, 0.15) is 37.0 Å². The number of nitrogens with zero attached hydrogens (tertiary/aromatic N) is 1. The summed E-state index contributed by atoms with van der Waals surface area (Å²) in [6.07, 6.45) is 5.21. The van der Waals surface area contributed by atoms with Gasteiger partial charge in [-0.25, -0.2) is 0 Å². The first-order valence-corrected chi connectivity index (χ1v) is 5.66. The van der Waals surface area contributed by atoms with Gasteiger partial charge in [0.1, 0.15) is 0 Å². The van der Waals surface area contributed by atoms with Gasteiger partial charge in [-0.05, 0) is 12.0 Å². The van der Waals surface area contributed by atoms with Crippen molar-refractivity contribution in [3.05, 3.63) is 24.0 Å². The van der Waals surface area contributed by atoms with Gasteiger partial charge in [-0.3, -0.25) is 9.78 Å². The van der Waals surface area contributed by atoms with E-state index in [0.29, 0.717) is 23.7 Å². The lowest BCUT2D eigenvalue weighted by molar-refractivity contribution is 0.0947. The molecule has 0 atom stereocenters. The van der Waals surface area contributed by atoms with Crippen LogP contribution >= 0.6 is 0 Å². The fraction of sp³-hybridized carbons (Fsp3) is 0.500. The summed E-state index contributed by atoms with van der Waals surface area (Å²) in [6.45, 7) is 4.94. The van der Waals surface area contributed by atoms with Crippen LogP contribution in [0.4, 0.5) is 5.69 Å². The van der Waals surface area contributed by atoms with Crippen molar-refractivity contribution in [1.29, 1.82) is 0 Å². The Labute approximate surface area is 96.3 Å². The summed E-state index contributed by atoms with van der Waals surface area (Å²) in [6, 6.07) is 1.63. The van der Waals surface area contributed by atoms with E-state index in [9.17, 15) is 4.79 Å². The maximum absolute atomic E-state index is 11.8. The molecular formula is C12H19N3O. The molecule has 0 unspecified atom stereocenters. The predicted molar refractivity (Wildman–Crippen MR) is 65.1 cm³/mol. The number of hydrogen-bond donors (Lipinski definition) is 2. The third-order valence-corrected chi connectivity index (χ3v) is 2.81. The first-order chi connectivity index (χ1) is 7.69. The Bertz CT molecular complexity index is 348. The molecule has 0 aliphatic carbocycles. The largest absolute Gasteiger partial charge is 0.398 e. The minimum atomic E-state index is -0.141. The summed E-state index contributed by atoms with van der Waals surface area (Å²) in [5.41, 5.74) is 6.61. The van der Waals surface area contributed by atoms with Crippen molar-refractivity contribution >= 4 is 11.6 Å². The van der Waals surface area contributed by atoms with Gasteiger partial charge in [0.2, 0.25) is 0 Å². The molecule has 1 rings (SSSR count). The SMILES string of the molecule is CCC(CC)CNC(=O)c1cnccc1N. The summed E-state index contributed by atoms with van der Waals surface area (Å²) >= 11 is 0.